The molecule has 0 fully saturated rings. The second-order valence-electron chi connectivity index (χ2n) is 7.93. The molecule has 0 spiro atoms. The summed E-state index contributed by atoms with van der Waals surface area (Å²) in [5.74, 6) is 1.26. The number of hydrogen-bond donors (Lipinski definition) is 1. The number of amides is 1. The van der Waals surface area contributed by atoms with E-state index in [1.165, 1.54) is 6.21 Å². The summed E-state index contributed by atoms with van der Waals surface area (Å²) < 4.78 is 17.3. The molecule has 0 aromatic heterocycles. The van der Waals surface area contributed by atoms with Crippen molar-refractivity contribution in [2.75, 3.05) is 7.11 Å². The molecular formula is C29H24Cl2N2O4. The van der Waals surface area contributed by atoms with Gasteiger partial charge in [0.15, 0.2) is 17.2 Å². The summed E-state index contributed by atoms with van der Waals surface area (Å²) in [5.41, 5.74) is 5.50. The Labute approximate surface area is 225 Å². The number of ether oxygens (including phenoxy) is 3. The molecular weight excluding hydrogens is 511 g/mol. The Morgan fingerprint density at radius 1 is 0.811 bits per heavy atom. The predicted molar refractivity (Wildman–Crippen MR) is 146 cm³/mol. The van der Waals surface area contributed by atoms with Gasteiger partial charge < -0.3 is 14.2 Å². The molecule has 0 aliphatic carbocycles. The van der Waals surface area contributed by atoms with E-state index in [1.54, 1.807) is 43.5 Å². The summed E-state index contributed by atoms with van der Waals surface area (Å²) in [6.07, 6.45) is 1.46. The number of nitrogens with one attached hydrogen (secondary N) is 1. The molecule has 4 rings (SSSR count). The van der Waals surface area contributed by atoms with Crippen molar-refractivity contribution in [1.29, 1.82) is 0 Å². The van der Waals surface area contributed by atoms with Crippen LogP contribution in [0.2, 0.25) is 10.0 Å². The normalized spacial score (nSPS) is 10.8. The first-order valence-corrected chi connectivity index (χ1v) is 12.1. The van der Waals surface area contributed by atoms with Gasteiger partial charge in [-0.05, 0) is 53.1 Å². The first kappa shape index (κ1) is 26.1. The molecule has 0 heterocycles. The largest absolute Gasteiger partial charge is 0.493 e. The van der Waals surface area contributed by atoms with Gasteiger partial charge in [-0.3, -0.25) is 4.79 Å². The summed E-state index contributed by atoms with van der Waals surface area (Å²) in [4.78, 5) is 12.1. The number of hydrazone groups is 1. The van der Waals surface area contributed by atoms with Crippen LogP contribution in [-0.2, 0) is 13.2 Å². The van der Waals surface area contributed by atoms with E-state index in [0.717, 1.165) is 11.1 Å². The second kappa shape index (κ2) is 12.8. The molecule has 0 bridgehead atoms. The van der Waals surface area contributed by atoms with E-state index in [9.17, 15) is 4.79 Å². The van der Waals surface area contributed by atoms with Crippen LogP contribution < -0.4 is 19.6 Å². The fourth-order valence-corrected chi connectivity index (χ4v) is 4.04. The predicted octanol–water partition coefficient (Wildman–Crippen LogP) is 6.92. The number of halogens is 2. The van der Waals surface area contributed by atoms with Gasteiger partial charge in [0, 0.05) is 5.56 Å². The van der Waals surface area contributed by atoms with Crippen LogP contribution in [0, 0.1) is 0 Å². The van der Waals surface area contributed by atoms with Crippen molar-refractivity contribution in [3.8, 4) is 17.2 Å². The number of benzene rings is 4. The first-order chi connectivity index (χ1) is 18.0. The van der Waals surface area contributed by atoms with E-state index in [-0.39, 0.29) is 12.5 Å². The average molecular weight is 535 g/mol. The fraction of sp³-hybridized carbons (Fsp3) is 0.103. The van der Waals surface area contributed by atoms with Gasteiger partial charge in [0.05, 0.1) is 23.4 Å². The van der Waals surface area contributed by atoms with E-state index in [2.05, 4.69) is 10.5 Å². The molecule has 0 radical (unpaired) electrons. The van der Waals surface area contributed by atoms with Gasteiger partial charge in [0.2, 0.25) is 0 Å². The molecule has 0 atom stereocenters. The molecule has 0 aliphatic heterocycles. The van der Waals surface area contributed by atoms with Crippen LogP contribution >= 0.6 is 23.2 Å². The second-order valence-corrected chi connectivity index (χ2v) is 8.74. The molecule has 1 amide bonds. The van der Waals surface area contributed by atoms with Crippen molar-refractivity contribution in [1.82, 2.24) is 5.43 Å². The lowest BCUT2D eigenvalue weighted by Gasteiger charge is -2.14. The molecule has 1 N–H and O–H groups in total. The van der Waals surface area contributed by atoms with Crippen LogP contribution in [0.3, 0.4) is 0 Å². The van der Waals surface area contributed by atoms with E-state index >= 15 is 0 Å². The Hall–Kier alpha value is -4.00. The van der Waals surface area contributed by atoms with E-state index in [0.29, 0.717) is 45.0 Å². The minimum Gasteiger partial charge on any atom is -0.493 e. The number of carbonyl (C=O) groups is 1. The molecule has 4 aromatic carbocycles. The van der Waals surface area contributed by atoms with Crippen LogP contribution in [0.5, 0.6) is 17.2 Å². The third-order valence-electron chi connectivity index (χ3n) is 5.28. The van der Waals surface area contributed by atoms with E-state index in [1.807, 2.05) is 54.6 Å². The Kier molecular flexibility index (Phi) is 9.03. The highest BCUT2D eigenvalue weighted by molar-refractivity contribution is 6.37. The zero-order valence-corrected chi connectivity index (χ0v) is 21.5. The SMILES string of the molecule is COc1cc(COc2c(Cl)cc(/C=N/NC(=O)c3ccccc3)cc2Cl)ccc1OCc1ccccc1. The van der Waals surface area contributed by atoms with Crippen molar-refractivity contribution in [3.63, 3.8) is 0 Å². The molecule has 188 valence electrons. The summed E-state index contributed by atoms with van der Waals surface area (Å²) in [5, 5.41) is 4.61. The van der Waals surface area contributed by atoms with Crippen molar-refractivity contribution in [2.24, 2.45) is 5.10 Å². The van der Waals surface area contributed by atoms with Crippen LogP contribution in [-0.4, -0.2) is 19.2 Å². The summed E-state index contributed by atoms with van der Waals surface area (Å²) in [6.45, 7) is 0.652. The number of carbonyl (C=O) groups excluding carboxylic acids is 1. The minimum atomic E-state index is -0.319. The number of hydrogen-bond acceptors (Lipinski definition) is 5. The van der Waals surface area contributed by atoms with E-state index < -0.39 is 0 Å². The van der Waals surface area contributed by atoms with Crippen molar-refractivity contribution in [2.45, 2.75) is 13.2 Å². The van der Waals surface area contributed by atoms with Crippen LogP contribution in [0.4, 0.5) is 0 Å². The highest BCUT2D eigenvalue weighted by atomic mass is 35.5. The lowest BCUT2D eigenvalue weighted by Crippen LogP contribution is -2.17. The Balaban J connectivity index is 1.37. The molecule has 0 saturated heterocycles. The molecule has 4 aromatic rings. The third kappa shape index (κ3) is 7.26. The highest BCUT2D eigenvalue weighted by Gasteiger charge is 2.12. The topological polar surface area (TPSA) is 69.2 Å². The van der Waals surface area contributed by atoms with Crippen molar-refractivity contribution >= 4 is 35.3 Å². The molecule has 37 heavy (non-hydrogen) atoms. The third-order valence-corrected chi connectivity index (χ3v) is 5.85. The lowest BCUT2D eigenvalue weighted by atomic mass is 10.2. The van der Waals surface area contributed by atoms with Gasteiger partial charge in [-0.2, -0.15) is 5.10 Å². The zero-order chi connectivity index (χ0) is 26.0. The highest BCUT2D eigenvalue weighted by Crippen LogP contribution is 2.35. The smallest absolute Gasteiger partial charge is 0.271 e. The van der Waals surface area contributed by atoms with Crippen LogP contribution in [0.1, 0.15) is 27.0 Å². The Morgan fingerprint density at radius 3 is 2.14 bits per heavy atom. The van der Waals surface area contributed by atoms with Gasteiger partial charge in [0.1, 0.15) is 13.2 Å². The molecule has 6 nitrogen and oxygen atoms in total. The summed E-state index contributed by atoms with van der Waals surface area (Å²) in [7, 11) is 1.59. The van der Waals surface area contributed by atoms with Gasteiger partial charge >= 0.3 is 0 Å². The van der Waals surface area contributed by atoms with Gasteiger partial charge in [0.25, 0.3) is 5.91 Å². The lowest BCUT2D eigenvalue weighted by molar-refractivity contribution is 0.0955. The van der Waals surface area contributed by atoms with Gasteiger partial charge in [-0.15, -0.1) is 0 Å². The average Bonchev–Trinajstić information content (AvgIpc) is 2.92. The first-order valence-electron chi connectivity index (χ1n) is 11.4. The number of nitrogens with zero attached hydrogens (tertiary/aromatic N) is 1. The van der Waals surface area contributed by atoms with Crippen LogP contribution in [0.25, 0.3) is 0 Å². The standard InChI is InChI=1S/C29H24Cl2N2O4/c1-35-27-16-21(12-13-26(27)36-18-20-8-4-2-5-9-20)19-37-28-24(30)14-22(15-25(28)31)17-32-33-29(34)23-10-6-3-7-11-23/h2-17H,18-19H2,1H3,(H,33,34)/b32-17+. The molecule has 0 aliphatic rings. The molecule has 0 saturated carbocycles. The Bertz CT molecular complexity index is 1360. The van der Waals surface area contributed by atoms with Crippen molar-refractivity contribution < 1.29 is 19.0 Å². The van der Waals surface area contributed by atoms with Gasteiger partial charge in [-0.1, -0.05) is 77.8 Å². The quantitative estimate of drug-likeness (QED) is 0.177. The minimum absolute atomic E-state index is 0.218. The monoisotopic (exact) mass is 534 g/mol. The summed E-state index contributed by atoms with van der Waals surface area (Å²) >= 11 is 12.8. The zero-order valence-electron chi connectivity index (χ0n) is 20.0. The number of methoxy groups -OCH3 is 1. The van der Waals surface area contributed by atoms with Crippen molar-refractivity contribution in [3.05, 3.63) is 123 Å². The molecule has 8 heteroatoms. The maximum Gasteiger partial charge on any atom is 0.271 e. The van der Waals surface area contributed by atoms with Crippen LogP contribution in [0.15, 0.2) is 96.1 Å². The summed E-state index contributed by atoms with van der Waals surface area (Å²) in [6, 6.07) is 27.6. The Morgan fingerprint density at radius 2 is 1.46 bits per heavy atom. The number of rotatable bonds is 10. The fourth-order valence-electron chi connectivity index (χ4n) is 3.42. The van der Waals surface area contributed by atoms with E-state index in [4.69, 9.17) is 37.4 Å². The maximum absolute atomic E-state index is 12.1. The van der Waals surface area contributed by atoms with Gasteiger partial charge in [-0.25, -0.2) is 5.43 Å². The molecule has 0 unspecified atom stereocenters. The maximum atomic E-state index is 12.1.